The Hall–Kier alpha value is -1.09. The van der Waals surface area contributed by atoms with Crippen LogP contribution in [0.2, 0.25) is 0 Å². The van der Waals surface area contributed by atoms with Crippen molar-refractivity contribution in [2.45, 2.75) is 38.6 Å². The van der Waals surface area contributed by atoms with Crippen LogP contribution in [0.15, 0.2) is 18.5 Å². The van der Waals surface area contributed by atoms with Gasteiger partial charge in [0.1, 0.15) is 0 Å². The molecule has 0 saturated heterocycles. The van der Waals surface area contributed by atoms with Gasteiger partial charge in [-0.2, -0.15) is 0 Å². The number of rotatable bonds is 5. The van der Waals surface area contributed by atoms with Crippen LogP contribution in [0.4, 0.5) is 5.69 Å². The summed E-state index contributed by atoms with van der Waals surface area (Å²) in [5.74, 6) is 0. The maximum atomic E-state index is 8.96. The number of hydrogen-bond acceptors (Lipinski definition) is 3. The molecule has 1 heterocycles. The fourth-order valence-corrected chi connectivity index (χ4v) is 2.23. The Kier molecular flexibility index (Phi) is 3.78. The van der Waals surface area contributed by atoms with Crippen molar-refractivity contribution in [3.63, 3.8) is 0 Å². The molecular weight excluding hydrogens is 200 g/mol. The van der Waals surface area contributed by atoms with Crippen LogP contribution in [-0.2, 0) is 0 Å². The molecule has 16 heavy (non-hydrogen) atoms. The number of hydrogen-bond donors (Lipinski definition) is 1. The van der Waals surface area contributed by atoms with Gasteiger partial charge in [0.2, 0.25) is 0 Å². The summed E-state index contributed by atoms with van der Waals surface area (Å²) in [6.45, 7) is 3.33. The zero-order valence-corrected chi connectivity index (χ0v) is 9.89. The zero-order valence-electron chi connectivity index (χ0n) is 9.89. The largest absolute Gasteiger partial charge is 0.396 e. The molecular formula is C13H20N2O. The van der Waals surface area contributed by atoms with Gasteiger partial charge < -0.3 is 10.0 Å². The van der Waals surface area contributed by atoms with Gasteiger partial charge in [-0.3, -0.25) is 4.98 Å². The van der Waals surface area contributed by atoms with E-state index in [-0.39, 0.29) is 6.61 Å². The standard InChI is InChI=1S/C13H20N2O/c1-11-10-14-7-6-13(11)15(8-3-9-16)12-4-2-5-12/h6-7,10,12,16H,2-5,8-9H2,1H3. The second-order valence-electron chi connectivity index (χ2n) is 4.52. The van der Waals surface area contributed by atoms with Crippen molar-refractivity contribution < 1.29 is 5.11 Å². The molecule has 1 aromatic rings. The predicted octanol–water partition coefficient (Wildman–Crippen LogP) is 2.13. The van der Waals surface area contributed by atoms with Crippen LogP contribution in [0.5, 0.6) is 0 Å². The van der Waals surface area contributed by atoms with E-state index in [4.69, 9.17) is 5.11 Å². The Morgan fingerprint density at radius 1 is 1.50 bits per heavy atom. The molecule has 0 unspecified atom stereocenters. The second kappa shape index (κ2) is 5.30. The van der Waals surface area contributed by atoms with Crippen molar-refractivity contribution in [2.75, 3.05) is 18.1 Å². The summed E-state index contributed by atoms with van der Waals surface area (Å²) in [6, 6.07) is 2.76. The lowest BCUT2D eigenvalue weighted by molar-refractivity contribution is 0.283. The van der Waals surface area contributed by atoms with Crippen LogP contribution in [0, 0.1) is 6.92 Å². The number of aliphatic hydroxyl groups excluding tert-OH is 1. The maximum Gasteiger partial charge on any atom is 0.0447 e. The minimum atomic E-state index is 0.271. The van der Waals surface area contributed by atoms with Gasteiger partial charge in [0.05, 0.1) is 0 Å². The van der Waals surface area contributed by atoms with Gasteiger partial charge in [0.15, 0.2) is 0 Å². The summed E-state index contributed by atoms with van der Waals surface area (Å²) >= 11 is 0. The SMILES string of the molecule is Cc1cnccc1N(CCCO)C1CCC1. The highest BCUT2D eigenvalue weighted by Gasteiger charge is 2.25. The fraction of sp³-hybridized carbons (Fsp3) is 0.615. The van der Waals surface area contributed by atoms with Crippen molar-refractivity contribution >= 4 is 5.69 Å². The van der Waals surface area contributed by atoms with Gasteiger partial charge in [0.25, 0.3) is 0 Å². The third-order valence-electron chi connectivity index (χ3n) is 3.37. The first-order valence-corrected chi connectivity index (χ1v) is 6.11. The normalized spacial score (nSPS) is 15.9. The average molecular weight is 220 g/mol. The van der Waals surface area contributed by atoms with Gasteiger partial charge in [-0.1, -0.05) is 0 Å². The molecule has 0 bridgehead atoms. The average Bonchev–Trinajstić information content (AvgIpc) is 2.22. The van der Waals surface area contributed by atoms with Crippen LogP contribution < -0.4 is 4.90 Å². The summed E-state index contributed by atoms with van der Waals surface area (Å²) in [4.78, 5) is 6.58. The predicted molar refractivity (Wildman–Crippen MR) is 65.7 cm³/mol. The molecule has 1 N–H and O–H groups in total. The van der Waals surface area contributed by atoms with Gasteiger partial charge >= 0.3 is 0 Å². The Balaban J connectivity index is 2.13. The van der Waals surface area contributed by atoms with E-state index in [0.29, 0.717) is 6.04 Å². The van der Waals surface area contributed by atoms with E-state index in [0.717, 1.165) is 13.0 Å². The van der Waals surface area contributed by atoms with Gasteiger partial charge in [-0.15, -0.1) is 0 Å². The van der Waals surface area contributed by atoms with Crippen LogP contribution in [0.1, 0.15) is 31.2 Å². The van der Waals surface area contributed by atoms with Crippen molar-refractivity contribution in [1.82, 2.24) is 4.98 Å². The van der Waals surface area contributed by atoms with E-state index in [1.54, 1.807) is 0 Å². The van der Waals surface area contributed by atoms with E-state index in [1.807, 2.05) is 12.4 Å². The third-order valence-corrected chi connectivity index (χ3v) is 3.37. The van der Waals surface area contributed by atoms with Crippen LogP contribution in [-0.4, -0.2) is 29.3 Å². The lowest BCUT2D eigenvalue weighted by atomic mass is 9.90. The molecule has 1 aliphatic rings. The molecule has 0 aromatic carbocycles. The Morgan fingerprint density at radius 3 is 2.88 bits per heavy atom. The van der Waals surface area contributed by atoms with E-state index in [2.05, 4.69) is 22.9 Å². The van der Waals surface area contributed by atoms with Crippen LogP contribution >= 0.6 is 0 Å². The first-order valence-electron chi connectivity index (χ1n) is 6.11. The number of aromatic nitrogens is 1. The Morgan fingerprint density at radius 2 is 2.31 bits per heavy atom. The second-order valence-corrected chi connectivity index (χ2v) is 4.52. The van der Waals surface area contributed by atoms with Crippen molar-refractivity contribution in [2.24, 2.45) is 0 Å². The number of pyridine rings is 1. The van der Waals surface area contributed by atoms with Crippen molar-refractivity contribution in [3.05, 3.63) is 24.0 Å². The fourth-order valence-electron chi connectivity index (χ4n) is 2.23. The number of nitrogens with zero attached hydrogens (tertiary/aromatic N) is 2. The lowest BCUT2D eigenvalue weighted by Crippen LogP contribution is -2.41. The monoisotopic (exact) mass is 220 g/mol. The van der Waals surface area contributed by atoms with Crippen molar-refractivity contribution in [3.8, 4) is 0 Å². The Bertz CT molecular complexity index is 336. The van der Waals surface area contributed by atoms with Gasteiger partial charge in [-0.25, -0.2) is 0 Å². The maximum absolute atomic E-state index is 8.96. The summed E-state index contributed by atoms with van der Waals surface area (Å²) in [5.41, 5.74) is 2.51. The third kappa shape index (κ3) is 2.35. The lowest BCUT2D eigenvalue weighted by Gasteiger charge is -2.40. The molecule has 0 radical (unpaired) electrons. The first kappa shape index (κ1) is 11.4. The molecule has 88 valence electrons. The zero-order chi connectivity index (χ0) is 11.4. The summed E-state index contributed by atoms with van der Waals surface area (Å²) < 4.78 is 0. The molecule has 0 aliphatic heterocycles. The summed E-state index contributed by atoms with van der Waals surface area (Å²) in [5, 5.41) is 8.96. The molecule has 1 saturated carbocycles. The summed E-state index contributed by atoms with van der Waals surface area (Å²) in [7, 11) is 0. The minimum absolute atomic E-state index is 0.271. The molecule has 3 heteroatoms. The molecule has 0 atom stereocenters. The molecule has 3 nitrogen and oxygen atoms in total. The summed E-state index contributed by atoms with van der Waals surface area (Å²) in [6.07, 6.45) is 8.52. The highest BCUT2D eigenvalue weighted by molar-refractivity contribution is 5.52. The molecule has 2 rings (SSSR count). The van der Waals surface area contributed by atoms with Crippen molar-refractivity contribution in [1.29, 1.82) is 0 Å². The smallest absolute Gasteiger partial charge is 0.0447 e. The van der Waals surface area contributed by atoms with E-state index < -0.39 is 0 Å². The highest BCUT2D eigenvalue weighted by Crippen LogP contribution is 2.31. The molecule has 1 fully saturated rings. The van der Waals surface area contributed by atoms with Crippen LogP contribution in [0.25, 0.3) is 0 Å². The van der Waals surface area contributed by atoms with Crippen LogP contribution in [0.3, 0.4) is 0 Å². The highest BCUT2D eigenvalue weighted by atomic mass is 16.3. The quantitative estimate of drug-likeness (QED) is 0.826. The molecule has 1 aromatic heterocycles. The minimum Gasteiger partial charge on any atom is -0.396 e. The van der Waals surface area contributed by atoms with E-state index in [1.165, 1.54) is 30.5 Å². The number of aryl methyl sites for hydroxylation is 1. The number of aliphatic hydroxyl groups is 1. The first-order chi connectivity index (χ1) is 7.83. The van der Waals surface area contributed by atoms with Gasteiger partial charge in [0, 0.05) is 37.3 Å². The van der Waals surface area contributed by atoms with E-state index >= 15 is 0 Å². The molecule has 1 aliphatic carbocycles. The Labute approximate surface area is 97.1 Å². The number of anilines is 1. The molecule has 0 amide bonds. The topological polar surface area (TPSA) is 36.4 Å². The molecule has 0 spiro atoms. The van der Waals surface area contributed by atoms with E-state index in [9.17, 15) is 0 Å². The van der Waals surface area contributed by atoms with Gasteiger partial charge in [-0.05, 0) is 44.2 Å².